The molecule has 0 aliphatic carbocycles. The molecule has 4 nitrogen and oxygen atoms in total. The van der Waals surface area contributed by atoms with E-state index in [-0.39, 0.29) is 5.57 Å². The van der Waals surface area contributed by atoms with E-state index in [1.807, 2.05) is 49.4 Å². The second-order valence-corrected chi connectivity index (χ2v) is 8.30. The number of halogens is 1. The van der Waals surface area contributed by atoms with E-state index < -0.39 is 5.91 Å². The maximum atomic E-state index is 12.6. The van der Waals surface area contributed by atoms with Crippen LogP contribution in [-0.2, 0) is 11.4 Å². The molecule has 0 aromatic heterocycles. The number of anilines is 1. The zero-order valence-corrected chi connectivity index (χ0v) is 19.3. The number of carbonyl (C=O) groups excluding carboxylic acids is 1. The van der Waals surface area contributed by atoms with Crippen LogP contribution in [0.1, 0.15) is 27.8 Å². The van der Waals surface area contributed by atoms with Gasteiger partial charge in [0.25, 0.3) is 5.91 Å². The topological polar surface area (TPSA) is 62.1 Å². The van der Waals surface area contributed by atoms with Gasteiger partial charge in [0.1, 0.15) is 24.0 Å². The van der Waals surface area contributed by atoms with Gasteiger partial charge >= 0.3 is 0 Å². The number of amides is 1. The van der Waals surface area contributed by atoms with Crippen LogP contribution in [0.3, 0.4) is 0 Å². The molecule has 0 heterocycles. The molecule has 0 aliphatic rings. The minimum atomic E-state index is -0.466. The Kier molecular flexibility index (Phi) is 7.28. The minimum Gasteiger partial charge on any atom is -0.488 e. The highest BCUT2D eigenvalue weighted by molar-refractivity contribution is 9.10. The van der Waals surface area contributed by atoms with Crippen molar-refractivity contribution >= 4 is 33.6 Å². The number of benzene rings is 3. The first-order chi connectivity index (χ1) is 14.9. The molecule has 5 heteroatoms. The second kappa shape index (κ2) is 10.1. The molecule has 0 spiro atoms. The normalized spacial score (nSPS) is 11.0. The third-order valence-electron chi connectivity index (χ3n) is 4.91. The fraction of sp³-hybridized carbons (Fsp3) is 0.154. The lowest BCUT2D eigenvalue weighted by Crippen LogP contribution is -2.13. The Morgan fingerprint density at radius 2 is 1.77 bits per heavy atom. The van der Waals surface area contributed by atoms with Gasteiger partial charge < -0.3 is 10.1 Å². The van der Waals surface area contributed by atoms with Gasteiger partial charge in [-0.15, -0.1) is 0 Å². The number of nitriles is 1. The Morgan fingerprint density at radius 3 is 2.45 bits per heavy atom. The molecule has 3 aromatic carbocycles. The molecule has 0 fully saturated rings. The van der Waals surface area contributed by atoms with Gasteiger partial charge in [-0.3, -0.25) is 4.79 Å². The average Bonchev–Trinajstić information content (AvgIpc) is 2.75. The van der Waals surface area contributed by atoms with Crippen LogP contribution >= 0.6 is 15.9 Å². The largest absolute Gasteiger partial charge is 0.488 e. The third kappa shape index (κ3) is 6.07. The number of aryl methyl sites for hydroxylation is 3. The van der Waals surface area contributed by atoms with E-state index in [4.69, 9.17) is 4.74 Å². The van der Waals surface area contributed by atoms with Crippen molar-refractivity contribution in [1.29, 1.82) is 5.26 Å². The van der Waals surface area contributed by atoms with Crippen molar-refractivity contribution in [3.63, 3.8) is 0 Å². The van der Waals surface area contributed by atoms with E-state index in [0.717, 1.165) is 15.6 Å². The monoisotopic (exact) mass is 474 g/mol. The molecule has 3 aromatic rings. The Labute approximate surface area is 191 Å². The van der Waals surface area contributed by atoms with Gasteiger partial charge in [-0.05, 0) is 73.9 Å². The minimum absolute atomic E-state index is 0.00490. The molecular formula is C26H23BrN2O2. The summed E-state index contributed by atoms with van der Waals surface area (Å²) in [6.45, 7) is 6.50. The molecule has 1 N–H and O–H groups in total. The molecule has 0 unspecified atom stereocenters. The molecule has 0 saturated heterocycles. The summed E-state index contributed by atoms with van der Waals surface area (Å²) in [7, 11) is 0. The van der Waals surface area contributed by atoms with Crippen LogP contribution in [-0.4, -0.2) is 5.91 Å². The highest BCUT2D eigenvalue weighted by atomic mass is 79.9. The van der Waals surface area contributed by atoms with Crippen molar-refractivity contribution in [2.75, 3.05) is 5.32 Å². The Bertz CT molecular complexity index is 1180. The summed E-state index contributed by atoms with van der Waals surface area (Å²) in [4.78, 5) is 12.6. The lowest BCUT2D eigenvalue weighted by molar-refractivity contribution is -0.112. The number of nitrogens with one attached hydrogen (secondary N) is 1. The third-order valence-corrected chi connectivity index (χ3v) is 5.41. The number of carbonyl (C=O) groups is 1. The summed E-state index contributed by atoms with van der Waals surface area (Å²) in [5.74, 6) is 0.128. The number of hydrogen-bond acceptors (Lipinski definition) is 3. The fourth-order valence-electron chi connectivity index (χ4n) is 2.96. The molecule has 156 valence electrons. The molecule has 0 aliphatic heterocycles. The van der Waals surface area contributed by atoms with E-state index in [1.165, 1.54) is 11.1 Å². The SMILES string of the molecule is Cc1ccc(NC(=O)/C(C#N)=C/c2cc(Br)ccc2OCc2ccc(C)c(C)c2)cc1. The first-order valence-corrected chi connectivity index (χ1v) is 10.6. The first-order valence-electron chi connectivity index (χ1n) is 9.84. The van der Waals surface area contributed by atoms with Crippen molar-refractivity contribution < 1.29 is 9.53 Å². The van der Waals surface area contributed by atoms with Crippen molar-refractivity contribution in [2.45, 2.75) is 27.4 Å². The molecule has 1 amide bonds. The number of hydrogen-bond donors (Lipinski definition) is 1. The summed E-state index contributed by atoms with van der Waals surface area (Å²) in [6.07, 6.45) is 1.55. The van der Waals surface area contributed by atoms with Crippen molar-refractivity contribution in [3.8, 4) is 11.8 Å². The predicted molar refractivity (Wildman–Crippen MR) is 128 cm³/mol. The molecule has 0 bridgehead atoms. The highest BCUT2D eigenvalue weighted by Gasteiger charge is 2.12. The van der Waals surface area contributed by atoms with Gasteiger partial charge in [0.2, 0.25) is 0 Å². The van der Waals surface area contributed by atoms with E-state index in [2.05, 4.69) is 47.2 Å². The quantitative estimate of drug-likeness (QED) is 0.327. The number of rotatable bonds is 6. The summed E-state index contributed by atoms with van der Waals surface area (Å²) in [5, 5.41) is 12.3. The van der Waals surface area contributed by atoms with E-state index in [9.17, 15) is 10.1 Å². The van der Waals surface area contributed by atoms with Crippen LogP contribution in [0.25, 0.3) is 6.08 Å². The smallest absolute Gasteiger partial charge is 0.266 e. The average molecular weight is 475 g/mol. The van der Waals surface area contributed by atoms with Crippen molar-refractivity contribution in [3.05, 3.63) is 98.5 Å². The second-order valence-electron chi connectivity index (χ2n) is 7.38. The van der Waals surface area contributed by atoms with Crippen molar-refractivity contribution in [1.82, 2.24) is 0 Å². The Hall–Kier alpha value is -3.36. The van der Waals surface area contributed by atoms with Crippen LogP contribution in [0.5, 0.6) is 5.75 Å². The van der Waals surface area contributed by atoms with Crippen LogP contribution in [0.15, 0.2) is 70.7 Å². The maximum absolute atomic E-state index is 12.6. The lowest BCUT2D eigenvalue weighted by Gasteiger charge is -2.12. The van der Waals surface area contributed by atoms with Gasteiger partial charge in [0, 0.05) is 15.7 Å². The number of nitrogens with zero attached hydrogens (tertiary/aromatic N) is 1. The molecule has 0 saturated carbocycles. The van der Waals surface area contributed by atoms with Gasteiger partial charge in [0.05, 0.1) is 0 Å². The van der Waals surface area contributed by atoms with Gasteiger partial charge in [-0.2, -0.15) is 5.26 Å². The molecule has 0 atom stereocenters. The first kappa shape index (κ1) is 22.3. The summed E-state index contributed by atoms with van der Waals surface area (Å²) >= 11 is 3.45. The zero-order valence-electron chi connectivity index (χ0n) is 17.7. The Balaban J connectivity index is 1.82. The fourth-order valence-corrected chi connectivity index (χ4v) is 3.34. The van der Waals surface area contributed by atoms with Gasteiger partial charge in [-0.25, -0.2) is 0 Å². The van der Waals surface area contributed by atoms with E-state index >= 15 is 0 Å². The van der Waals surface area contributed by atoms with Crippen LogP contribution < -0.4 is 10.1 Å². The molecule has 0 radical (unpaired) electrons. The van der Waals surface area contributed by atoms with Crippen molar-refractivity contribution in [2.24, 2.45) is 0 Å². The van der Waals surface area contributed by atoms with Crippen LogP contribution in [0, 0.1) is 32.1 Å². The van der Waals surface area contributed by atoms with Gasteiger partial charge in [-0.1, -0.05) is 51.8 Å². The van der Waals surface area contributed by atoms with E-state index in [1.54, 1.807) is 18.2 Å². The predicted octanol–water partition coefficient (Wildman–Crippen LogP) is 6.50. The molecular weight excluding hydrogens is 452 g/mol. The summed E-state index contributed by atoms with van der Waals surface area (Å²) < 4.78 is 6.85. The van der Waals surface area contributed by atoms with E-state index in [0.29, 0.717) is 23.6 Å². The summed E-state index contributed by atoms with van der Waals surface area (Å²) in [5.41, 5.74) is 5.86. The van der Waals surface area contributed by atoms with Crippen LogP contribution in [0.2, 0.25) is 0 Å². The standard InChI is InChI=1S/C26H23BrN2O2/c1-17-4-9-24(10-5-17)29-26(30)22(15-28)13-21-14-23(27)8-11-25(21)31-16-20-7-6-18(2)19(3)12-20/h4-14H,16H2,1-3H3,(H,29,30)/b22-13+. The maximum Gasteiger partial charge on any atom is 0.266 e. The zero-order chi connectivity index (χ0) is 22.4. The summed E-state index contributed by atoms with van der Waals surface area (Å²) in [6, 6.07) is 21.1. The van der Waals surface area contributed by atoms with Gasteiger partial charge in [0.15, 0.2) is 0 Å². The Morgan fingerprint density at radius 1 is 1.03 bits per heavy atom. The molecule has 31 heavy (non-hydrogen) atoms. The van der Waals surface area contributed by atoms with Crippen LogP contribution in [0.4, 0.5) is 5.69 Å². The molecule has 3 rings (SSSR count). The lowest BCUT2D eigenvalue weighted by atomic mass is 10.1. The highest BCUT2D eigenvalue weighted by Crippen LogP contribution is 2.27. The number of ether oxygens (including phenoxy) is 1.